The molecule has 8 nitrogen and oxygen atoms in total. The molecule has 1 aromatic rings. The number of carbonyl (C=O) groups is 2. The van der Waals surface area contributed by atoms with Gasteiger partial charge < -0.3 is 15.4 Å². The number of nitro groups is 1. The molecule has 19 heavy (non-hydrogen) atoms. The second-order valence-corrected chi connectivity index (χ2v) is 4.20. The van der Waals surface area contributed by atoms with Crippen LogP contribution in [-0.4, -0.2) is 32.9 Å². The van der Waals surface area contributed by atoms with Crippen molar-refractivity contribution in [3.8, 4) is 0 Å². The number of nitrogens with one attached hydrogen (secondary N) is 2. The van der Waals surface area contributed by atoms with Crippen molar-refractivity contribution < 1.29 is 19.6 Å². The minimum atomic E-state index is -1.14. The second-order valence-electron chi connectivity index (χ2n) is 4.20. The zero-order valence-corrected chi connectivity index (χ0v) is 10.5. The van der Waals surface area contributed by atoms with Gasteiger partial charge in [0, 0.05) is 6.07 Å². The smallest absolute Gasteiger partial charge is 0.326 e. The van der Waals surface area contributed by atoms with Crippen LogP contribution < -0.4 is 5.32 Å². The number of amides is 1. The molecule has 0 aliphatic heterocycles. The molecule has 2 atom stereocenters. The van der Waals surface area contributed by atoms with Crippen LogP contribution in [-0.2, 0) is 4.79 Å². The zero-order valence-electron chi connectivity index (χ0n) is 10.5. The van der Waals surface area contributed by atoms with Crippen LogP contribution in [0.5, 0.6) is 0 Å². The van der Waals surface area contributed by atoms with Gasteiger partial charge >= 0.3 is 5.97 Å². The largest absolute Gasteiger partial charge is 0.480 e. The number of H-pyrrole nitrogens is 1. The topological polar surface area (TPSA) is 125 Å². The number of nitrogens with zero attached hydrogens (tertiary/aromatic N) is 1. The molecule has 3 N–H and O–H groups in total. The van der Waals surface area contributed by atoms with Crippen molar-refractivity contribution in [1.82, 2.24) is 10.3 Å². The Hall–Kier alpha value is -2.38. The molecule has 1 aromatic heterocycles. The molecule has 0 aliphatic rings. The number of rotatable bonds is 6. The molecule has 0 spiro atoms. The van der Waals surface area contributed by atoms with Gasteiger partial charge in [-0.05, 0) is 5.92 Å². The Morgan fingerprint density at radius 3 is 2.63 bits per heavy atom. The fraction of sp³-hybridized carbons (Fsp3) is 0.455. The molecule has 0 fully saturated rings. The van der Waals surface area contributed by atoms with Crippen molar-refractivity contribution in [3.63, 3.8) is 0 Å². The normalized spacial score (nSPS) is 13.6. The average molecular weight is 269 g/mol. The minimum absolute atomic E-state index is 0.0405. The van der Waals surface area contributed by atoms with Crippen LogP contribution in [0.4, 0.5) is 5.69 Å². The Balaban J connectivity index is 2.81. The van der Waals surface area contributed by atoms with Gasteiger partial charge in [0.1, 0.15) is 11.7 Å². The van der Waals surface area contributed by atoms with Crippen LogP contribution in [0.15, 0.2) is 12.3 Å². The number of carboxylic acid groups (broad SMARTS) is 1. The number of hydrogen-bond acceptors (Lipinski definition) is 4. The van der Waals surface area contributed by atoms with Crippen LogP contribution in [0.1, 0.15) is 30.8 Å². The minimum Gasteiger partial charge on any atom is -0.480 e. The first-order valence-corrected chi connectivity index (χ1v) is 5.73. The maximum absolute atomic E-state index is 11.8. The standard InChI is InChI=1S/C11H15N3O5/c1-3-6(2)9(11(16)17)13-10(15)8-4-7(5-12-8)14(18)19/h4-6,9,12H,3H2,1-2H3,(H,13,15)(H,16,17)/t6-,9-/m0/s1. The van der Waals surface area contributed by atoms with Crippen LogP contribution in [0.25, 0.3) is 0 Å². The maximum Gasteiger partial charge on any atom is 0.326 e. The van der Waals surface area contributed by atoms with E-state index in [4.69, 9.17) is 5.11 Å². The summed E-state index contributed by atoms with van der Waals surface area (Å²) in [4.78, 5) is 35.1. The van der Waals surface area contributed by atoms with Crippen molar-refractivity contribution in [2.24, 2.45) is 5.92 Å². The van der Waals surface area contributed by atoms with Gasteiger partial charge in [0.15, 0.2) is 0 Å². The van der Waals surface area contributed by atoms with Gasteiger partial charge in [0.05, 0.1) is 11.1 Å². The predicted molar refractivity (Wildman–Crippen MR) is 65.8 cm³/mol. The number of aromatic nitrogens is 1. The highest BCUT2D eigenvalue weighted by Gasteiger charge is 2.26. The summed E-state index contributed by atoms with van der Waals surface area (Å²) >= 11 is 0. The van der Waals surface area contributed by atoms with E-state index in [1.165, 1.54) is 0 Å². The van der Waals surface area contributed by atoms with Crippen molar-refractivity contribution >= 4 is 17.6 Å². The lowest BCUT2D eigenvalue weighted by atomic mass is 9.99. The number of carboxylic acids is 1. The number of hydrogen-bond donors (Lipinski definition) is 3. The van der Waals surface area contributed by atoms with Gasteiger partial charge in [-0.1, -0.05) is 20.3 Å². The lowest BCUT2D eigenvalue weighted by Gasteiger charge is -2.19. The molecule has 0 radical (unpaired) electrons. The van der Waals surface area contributed by atoms with E-state index < -0.39 is 22.8 Å². The van der Waals surface area contributed by atoms with Gasteiger partial charge in [0.2, 0.25) is 0 Å². The van der Waals surface area contributed by atoms with E-state index in [-0.39, 0.29) is 17.3 Å². The molecule has 1 rings (SSSR count). The number of aliphatic carboxylic acids is 1. The summed E-state index contributed by atoms with van der Waals surface area (Å²) in [6.07, 6.45) is 1.66. The predicted octanol–water partition coefficient (Wildman–Crippen LogP) is 1.15. The lowest BCUT2D eigenvalue weighted by Crippen LogP contribution is -2.45. The van der Waals surface area contributed by atoms with Gasteiger partial charge in [-0.3, -0.25) is 14.9 Å². The molecular weight excluding hydrogens is 254 g/mol. The molecule has 0 saturated heterocycles. The van der Waals surface area contributed by atoms with Crippen molar-refractivity contribution in [1.29, 1.82) is 0 Å². The highest BCUT2D eigenvalue weighted by Crippen LogP contribution is 2.13. The fourth-order valence-corrected chi connectivity index (χ4v) is 1.52. The maximum atomic E-state index is 11.8. The second kappa shape index (κ2) is 5.98. The monoisotopic (exact) mass is 269 g/mol. The van der Waals surface area contributed by atoms with Gasteiger partial charge in [0.25, 0.3) is 11.6 Å². The van der Waals surface area contributed by atoms with Crippen LogP contribution >= 0.6 is 0 Å². The Morgan fingerprint density at radius 1 is 1.58 bits per heavy atom. The Bertz CT molecular complexity index is 496. The Kier molecular flexibility index (Phi) is 4.62. The molecule has 0 bridgehead atoms. The van der Waals surface area contributed by atoms with E-state index in [1.54, 1.807) is 6.92 Å². The summed E-state index contributed by atoms with van der Waals surface area (Å²) in [6, 6.07) is 0.0325. The van der Waals surface area contributed by atoms with Gasteiger partial charge in [-0.2, -0.15) is 0 Å². The van der Waals surface area contributed by atoms with E-state index in [0.29, 0.717) is 6.42 Å². The number of aromatic amines is 1. The van der Waals surface area contributed by atoms with Crippen LogP contribution in [0.2, 0.25) is 0 Å². The molecule has 0 saturated carbocycles. The first-order valence-electron chi connectivity index (χ1n) is 5.73. The third-order valence-electron chi connectivity index (χ3n) is 2.89. The first kappa shape index (κ1) is 14.7. The summed E-state index contributed by atoms with van der Waals surface area (Å²) in [5.74, 6) is -2.06. The summed E-state index contributed by atoms with van der Waals surface area (Å²) < 4.78 is 0. The molecule has 1 amide bonds. The van der Waals surface area contributed by atoms with E-state index in [9.17, 15) is 19.7 Å². The summed E-state index contributed by atoms with van der Waals surface area (Å²) in [5.41, 5.74) is -0.290. The molecule has 0 unspecified atom stereocenters. The van der Waals surface area contributed by atoms with Crippen molar-refractivity contribution in [2.45, 2.75) is 26.3 Å². The third-order valence-corrected chi connectivity index (χ3v) is 2.89. The van der Waals surface area contributed by atoms with Crippen LogP contribution in [0, 0.1) is 16.0 Å². The SMILES string of the molecule is CC[C@H](C)[C@H](NC(=O)c1cc([N+](=O)[O-])c[nH]1)C(=O)O. The average Bonchev–Trinajstić information content (AvgIpc) is 2.84. The molecular formula is C11H15N3O5. The Morgan fingerprint density at radius 2 is 2.21 bits per heavy atom. The highest BCUT2D eigenvalue weighted by molar-refractivity contribution is 5.95. The molecule has 1 heterocycles. The van der Waals surface area contributed by atoms with E-state index >= 15 is 0 Å². The van der Waals surface area contributed by atoms with Crippen molar-refractivity contribution in [2.75, 3.05) is 0 Å². The summed E-state index contributed by atoms with van der Waals surface area (Å²) in [5, 5.41) is 21.9. The van der Waals surface area contributed by atoms with Gasteiger partial charge in [-0.15, -0.1) is 0 Å². The molecule has 0 aromatic carbocycles. The van der Waals surface area contributed by atoms with E-state index in [1.807, 2.05) is 6.92 Å². The highest BCUT2D eigenvalue weighted by atomic mass is 16.6. The quantitative estimate of drug-likeness (QED) is 0.527. The Labute approximate surface area is 109 Å². The summed E-state index contributed by atoms with van der Waals surface area (Å²) in [6.45, 7) is 3.52. The zero-order chi connectivity index (χ0) is 14.6. The molecule has 8 heteroatoms. The van der Waals surface area contributed by atoms with Crippen LogP contribution in [0.3, 0.4) is 0 Å². The third kappa shape index (κ3) is 3.54. The first-order chi connectivity index (χ1) is 8.86. The van der Waals surface area contributed by atoms with Crippen molar-refractivity contribution in [3.05, 3.63) is 28.1 Å². The fourth-order valence-electron chi connectivity index (χ4n) is 1.52. The lowest BCUT2D eigenvalue weighted by molar-refractivity contribution is -0.384. The van der Waals surface area contributed by atoms with E-state index in [2.05, 4.69) is 10.3 Å². The molecule has 104 valence electrons. The molecule has 0 aliphatic carbocycles. The van der Waals surface area contributed by atoms with Gasteiger partial charge in [-0.25, -0.2) is 4.79 Å². The number of carbonyl (C=O) groups excluding carboxylic acids is 1. The van der Waals surface area contributed by atoms with E-state index in [0.717, 1.165) is 12.3 Å². The summed E-state index contributed by atoms with van der Waals surface area (Å²) in [7, 11) is 0.